The molecule has 1 aromatic rings. The molecule has 23 heavy (non-hydrogen) atoms. The third-order valence-electron chi connectivity index (χ3n) is 2.67. The van der Waals surface area contributed by atoms with Gasteiger partial charge >= 0.3 is 12.1 Å². The summed E-state index contributed by atoms with van der Waals surface area (Å²) in [7, 11) is -3.61. The highest BCUT2D eigenvalue weighted by Crippen LogP contribution is 2.17. The molecule has 1 N–H and O–H groups in total. The normalized spacial score (nSPS) is 10.7. The van der Waals surface area contributed by atoms with Crippen LogP contribution in [0, 0.1) is 0 Å². The van der Waals surface area contributed by atoms with Gasteiger partial charge < -0.3 is 9.47 Å². The Kier molecular flexibility index (Phi) is 6.70. The fraction of sp³-hybridized carbons (Fsp3) is 0.357. The highest BCUT2D eigenvalue weighted by atomic mass is 32.2. The van der Waals surface area contributed by atoms with Crippen molar-refractivity contribution in [3.05, 3.63) is 29.8 Å². The molecular formula is C14H17NO7S. The second-order valence-corrected chi connectivity index (χ2v) is 6.49. The maximum Gasteiger partial charge on any atom is 0.413 e. The summed E-state index contributed by atoms with van der Waals surface area (Å²) in [5.74, 6) is -2.04. The average molecular weight is 343 g/mol. The number of carbonyl (C=O) groups is 3. The van der Waals surface area contributed by atoms with Crippen LogP contribution in [-0.4, -0.2) is 45.4 Å². The largest absolute Gasteiger partial charge is 0.452 e. The molecule has 0 unspecified atom stereocenters. The Bertz CT molecular complexity index is 697. The SMILES string of the molecule is CCOC(=O)NC(=O)COC(=O)c1ccccc1S(=O)(=O)CC. The Balaban J connectivity index is 2.77. The van der Waals surface area contributed by atoms with E-state index in [4.69, 9.17) is 4.74 Å². The molecule has 0 aromatic heterocycles. The average Bonchev–Trinajstić information content (AvgIpc) is 2.52. The summed E-state index contributed by atoms with van der Waals surface area (Å²) in [6.45, 7) is 2.36. The molecule has 0 bridgehead atoms. The van der Waals surface area contributed by atoms with Gasteiger partial charge in [0.25, 0.3) is 5.91 Å². The minimum absolute atomic E-state index is 0.0845. The van der Waals surface area contributed by atoms with E-state index < -0.39 is 34.4 Å². The molecule has 0 spiro atoms. The van der Waals surface area contributed by atoms with Crippen molar-refractivity contribution in [1.82, 2.24) is 5.32 Å². The van der Waals surface area contributed by atoms with E-state index >= 15 is 0 Å². The highest BCUT2D eigenvalue weighted by molar-refractivity contribution is 7.91. The molecule has 0 saturated heterocycles. The summed E-state index contributed by atoms with van der Waals surface area (Å²) < 4.78 is 33.1. The van der Waals surface area contributed by atoms with Crippen molar-refractivity contribution in [3.63, 3.8) is 0 Å². The van der Waals surface area contributed by atoms with Crippen LogP contribution in [0.25, 0.3) is 0 Å². The Morgan fingerprint density at radius 3 is 2.35 bits per heavy atom. The fourth-order valence-corrected chi connectivity index (χ4v) is 2.67. The second kappa shape index (κ2) is 8.28. The second-order valence-electron chi connectivity index (χ2n) is 4.24. The van der Waals surface area contributed by atoms with Crippen LogP contribution < -0.4 is 5.32 Å². The third kappa shape index (κ3) is 5.37. The van der Waals surface area contributed by atoms with Gasteiger partial charge in [0, 0.05) is 0 Å². The molecule has 9 heteroatoms. The van der Waals surface area contributed by atoms with Gasteiger partial charge in [0.2, 0.25) is 0 Å². The third-order valence-corrected chi connectivity index (χ3v) is 4.46. The number of hydrogen-bond acceptors (Lipinski definition) is 7. The first-order valence-electron chi connectivity index (χ1n) is 6.77. The van der Waals surface area contributed by atoms with Crippen molar-refractivity contribution in [2.75, 3.05) is 19.0 Å². The number of ether oxygens (including phenoxy) is 2. The van der Waals surface area contributed by atoms with Gasteiger partial charge in [0.05, 0.1) is 22.8 Å². The lowest BCUT2D eigenvalue weighted by atomic mass is 10.2. The van der Waals surface area contributed by atoms with Crippen LogP contribution in [-0.2, 0) is 24.1 Å². The zero-order chi connectivity index (χ0) is 17.5. The summed E-state index contributed by atoms with van der Waals surface area (Å²) >= 11 is 0. The van der Waals surface area contributed by atoms with Crippen molar-refractivity contribution in [3.8, 4) is 0 Å². The Morgan fingerprint density at radius 1 is 1.09 bits per heavy atom. The number of amides is 2. The monoisotopic (exact) mass is 343 g/mol. The summed E-state index contributed by atoms with van der Waals surface area (Å²) in [6.07, 6.45) is -0.956. The molecule has 0 heterocycles. The van der Waals surface area contributed by atoms with E-state index in [9.17, 15) is 22.8 Å². The summed E-state index contributed by atoms with van der Waals surface area (Å²) in [5, 5.41) is 1.85. The molecule has 0 fully saturated rings. The molecule has 1 rings (SSSR count). The van der Waals surface area contributed by atoms with Crippen molar-refractivity contribution in [2.24, 2.45) is 0 Å². The van der Waals surface area contributed by atoms with E-state index in [0.29, 0.717) is 0 Å². The van der Waals surface area contributed by atoms with E-state index in [1.54, 1.807) is 6.92 Å². The number of carbonyl (C=O) groups excluding carboxylic acids is 3. The van der Waals surface area contributed by atoms with Crippen LogP contribution in [0.15, 0.2) is 29.2 Å². The van der Waals surface area contributed by atoms with Gasteiger partial charge in [-0.15, -0.1) is 0 Å². The van der Waals surface area contributed by atoms with Crippen LogP contribution in [0.2, 0.25) is 0 Å². The molecule has 0 saturated carbocycles. The first kappa shape index (κ1) is 18.6. The standard InChI is InChI=1S/C14H17NO7S/c1-3-21-14(18)15-12(16)9-22-13(17)10-7-5-6-8-11(10)23(19,20)4-2/h5-8H,3-4,9H2,1-2H3,(H,15,16,18). The van der Waals surface area contributed by atoms with Crippen LogP contribution in [0.5, 0.6) is 0 Å². The van der Waals surface area contributed by atoms with Crippen molar-refractivity contribution < 1.29 is 32.3 Å². The van der Waals surface area contributed by atoms with Crippen LogP contribution in [0.3, 0.4) is 0 Å². The van der Waals surface area contributed by atoms with E-state index in [0.717, 1.165) is 0 Å². The number of nitrogens with one attached hydrogen (secondary N) is 1. The zero-order valence-corrected chi connectivity index (χ0v) is 13.5. The first-order chi connectivity index (χ1) is 10.8. The Hall–Kier alpha value is -2.42. The number of alkyl carbamates (subject to hydrolysis) is 1. The van der Waals surface area contributed by atoms with Gasteiger partial charge in [0.15, 0.2) is 16.4 Å². The summed E-state index contributed by atoms with van der Waals surface area (Å²) in [6, 6.07) is 5.53. The molecule has 0 aliphatic rings. The minimum atomic E-state index is -3.61. The molecule has 0 aliphatic carbocycles. The maximum atomic E-state index is 12.0. The van der Waals surface area contributed by atoms with Gasteiger partial charge in [-0.2, -0.15) is 0 Å². The lowest BCUT2D eigenvalue weighted by molar-refractivity contribution is -0.123. The van der Waals surface area contributed by atoms with Gasteiger partial charge in [-0.25, -0.2) is 18.0 Å². The molecule has 1 aromatic carbocycles. The Morgan fingerprint density at radius 2 is 1.74 bits per heavy atom. The number of sulfone groups is 1. The fourth-order valence-electron chi connectivity index (χ4n) is 1.59. The maximum absolute atomic E-state index is 12.0. The number of hydrogen-bond donors (Lipinski definition) is 1. The van der Waals surface area contributed by atoms with Crippen molar-refractivity contribution in [1.29, 1.82) is 0 Å². The zero-order valence-electron chi connectivity index (χ0n) is 12.7. The smallest absolute Gasteiger partial charge is 0.413 e. The molecule has 0 aliphatic heterocycles. The van der Waals surface area contributed by atoms with Crippen LogP contribution >= 0.6 is 0 Å². The van der Waals surface area contributed by atoms with Gasteiger partial charge in [0.1, 0.15) is 0 Å². The topological polar surface area (TPSA) is 116 Å². The first-order valence-corrected chi connectivity index (χ1v) is 8.42. The predicted octanol–water partition coefficient (Wildman–Crippen LogP) is 0.910. The summed E-state index contributed by atoms with van der Waals surface area (Å²) in [5.41, 5.74) is -0.168. The number of rotatable bonds is 6. The lowest BCUT2D eigenvalue weighted by Gasteiger charge is -2.09. The van der Waals surface area contributed by atoms with Gasteiger partial charge in [-0.1, -0.05) is 19.1 Å². The van der Waals surface area contributed by atoms with Crippen LogP contribution in [0.1, 0.15) is 24.2 Å². The number of benzene rings is 1. The molecule has 0 atom stereocenters. The van der Waals surface area contributed by atoms with Gasteiger partial charge in [-0.3, -0.25) is 10.1 Å². The number of esters is 1. The van der Waals surface area contributed by atoms with E-state index in [1.807, 2.05) is 5.32 Å². The Labute approximate surface area is 133 Å². The molecule has 8 nitrogen and oxygen atoms in total. The predicted molar refractivity (Wildman–Crippen MR) is 79.6 cm³/mol. The highest BCUT2D eigenvalue weighted by Gasteiger charge is 2.22. The summed E-state index contributed by atoms with van der Waals surface area (Å²) in [4.78, 5) is 34.2. The quantitative estimate of drug-likeness (QED) is 0.763. The van der Waals surface area contributed by atoms with Crippen molar-refractivity contribution >= 4 is 27.8 Å². The molecule has 0 radical (unpaired) electrons. The van der Waals surface area contributed by atoms with Crippen LogP contribution in [0.4, 0.5) is 4.79 Å². The molecule has 2 amide bonds. The lowest BCUT2D eigenvalue weighted by Crippen LogP contribution is -2.34. The van der Waals surface area contributed by atoms with E-state index in [1.165, 1.54) is 31.2 Å². The molecule has 126 valence electrons. The van der Waals surface area contributed by atoms with Crippen molar-refractivity contribution in [2.45, 2.75) is 18.7 Å². The minimum Gasteiger partial charge on any atom is -0.452 e. The van der Waals surface area contributed by atoms with E-state index in [-0.39, 0.29) is 22.8 Å². The number of imide groups is 1. The van der Waals surface area contributed by atoms with Gasteiger partial charge in [-0.05, 0) is 19.1 Å². The van der Waals surface area contributed by atoms with E-state index in [2.05, 4.69) is 4.74 Å². The molecular weight excluding hydrogens is 326 g/mol.